The van der Waals surface area contributed by atoms with Crippen molar-refractivity contribution in [3.8, 4) is 0 Å². The van der Waals surface area contributed by atoms with E-state index in [2.05, 4.69) is 4.98 Å². The van der Waals surface area contributed by atoms with Crippen LogP contribution in [-0.4, -0.2) is 47.4 Å². The van der Waals surface area contributed by atoms with Gasteiger partial charge in [0.25, 0.3) is 0 Å². The third-order valence-corrected chi connectivity index (χ3v) is 6.11. The molecule has 0 bridgehead atoms. The maximum absolute atomic E-state index is 14.5. The number of halogens is 7. The van der Waals surface area contributed by atoms with Crippen LogP contribution in [0.3, 0.4) is 0 Å². The highest BCUT2D eigenvalue weighted by Gasteiger charge is 2.40. The van der Waals surface area contributed by atoms with E-state index in [1.807, 2.05) is 0 Å². The average molecular weight is 622 g/mol. The summed E-state index contributed by atoms with van der Waals surface area (Å²) in [5.41, 5.74) is 0.190. The van der Waals surface area contributed by atoms with Gasteiger partial charge in [-0.2, -0.15) is 4.90 Å². The Kier molecular flexibility index (Phi) is 8.75. The van der Waals surface area contributed by atoms with E-state index < -0.39 is 49.7 Å². The van der Waals surface area contributed by atoms with E-state index in [0.717, 1.165) is 6.20 Å². The summed E-state index contributed by atoms with van der Waals surface area (Å²) >= 11 is 36.0. The largest absolute Gasteiger partial charge is 0.464 e. The molecular weight excluding hydrogens is 606 g/mol. The number of anilines is 2. The van der Waals surface area contributed by atoms with Gasteiger partial charge in [0, 0.05) is 43.5 Å². The minimum Gasteiger partial charge on any atom is -0.464 e. The van der Waals surface area contributed by atoms with Gasteiger partial charge in [-0.3, -0.25) is 4.79 Å². The predicted octanol–water partition coefficient (Wildman–Crippen LogP) is 6.73. The van der Waals surface area contributed by atoms with Crippen molar-refractivity contribution in [1.82, 2.24) is 4.98 Å². The molecule has 1 saturated heterocycles. The van der Waals surface area contributed by atoms with Crippen LogP contribution in [-0.2, 0) is 17.6 Å². The Balaban J connectivity index is 2.27. The standard InChI is InChI=1S/C21H16Cl6FN3O5/c22-20(23,24)6-11-8-29-17(31(18(33)34)19(35)36)13(7-21(25,26)27)16(11)30-9-10(5-15(30)32)12-3-1-2-4-14(12)28/h1-4,8,10H,5-7,9H2,(H,33,34)(H,35,36). The Morgan fingerprint density at radius 2 is 1.64 bits per heavy atom. The van der Waals surface area contributed by atoms with Crippen molar-refractivity contribution in [3.63, 3.8) is 0 Å². The summed E-state index contributed by atoms with van der Waals surface area (Å²) in [6.07, 6.45) is -3.69. The van der Waals surface area contributed by atoms with Crippen LogP contribution in [0.15, 0.2) is 30.5 Å². The second-order valence-electron chi connectivity index (χ2n) is 7.85. The number of carbonyl (C=O) groups is 3. The van der Waals surface area contributed by atoms with E-state index in [1.54, 1.807) is 6.07 Å². The molecule has 2 heterocycles. The average Bonchev–Trinajstić information content (AvgIpc) is 3.08. The van der Waals surface area contributed by atoms with Crippen molar-refractivity contribution in [1.29, 1.82) is 0 Å². The van der Waals surface area contributed by atoms with Gasteiger partial charge in [0.2, 0.25) is 5.91 Å². The van der Waals surface area contributed by atoms with Gasteiger partial charge >= 0.3 is 12.2 Å². The highest BCUT2D eigenvalue weighted by Crippen LogP contribution is 2.45. The molecule has 0 radical (unpaired) electrons. The fraction of sp³-hybridized carbons (Fsp3) is 0.333. The lowest BCUT2D eigenvalue weighted by Gasteiger charge is -2.29. The molecule has 1 unspecified atom stereocenters. The van der Waals surface area contributed by atoms with Crippen molar-refractivity contribution < 1.29 is 29.0 Å². The summed E-state index contributed by atoms with van der Waals surface area (Å²) in [4.78, 5) is 41.8. The molecule has 0 spiro atoms. The number of carboxylic acid groups (broad SMARTS) is 2. The molecule has 194 valence electrons. The summed E-state index contributed by atoms with van der Waals surface area (Å²) < 4.78 is 10.5. The summed E-state index contributed by atoms with van der Waals surface area (Å²) in [6.45, 7) is -0.0664. The SMILES string of the molecule is O=C1CC(c2ccccc2F)CN1c1c(CC(Cl)(Cl)Cl)cnc(N(C(=O)O)C(=O)O)c1CC(Cl)(Cl)Cl. The molecule has 1 aromatic carbocycles. The van der Waals surface area contributed by atoms with Crippen LogP contribution in [0.5, 0.6) is 0 Å². The zero-order valence-corrected chi connectivity index (χ0v) is 22.4. The molecule has 1 aliphatic heterocycles. The van der Waals surface area contributed by atoms with Crippen molar-refractivity contribution in [3.05, 3.63) is 53.0 Å². The van der Waals surface area contributed by atoms with Crippen molar-refractivity contribution in [2.24, 2.45) is 0 Å². The molecule has 1 aromatic heterocycles. The number of pyridine rings is 1. The second-order valence-corrected chi connectivity index (χ2v) is 12.9. The minimum atomic E-state index is -2.07. The van der Waals surface area contributed by atoms with Crippen LogP contribution < -0.4 is 9.80 Å². The first-order valence-corrected chi connectivity index (χ1v) is 12.3. The highest BCUT2D eigenvalue weighted by atomic mass is 35.6. The van der Waals surface area contributed by atoms with Crippen molar-refractivity contribution in [2.45, 2.75) is 32.8 Å². The number of alkyl halides is 6. The van der Waals surface area contributed by atoms with E-state index in [4.69, 9.17) is 69.6 Å². The number of hydrogen-bond donors (Lipinski definition) is 2. The molecule has 2 N–H and O–H groups in total. The lowest BCUT2D eigenvalue weighted by molar-refractivity contribution is -0.117. The number of hydrogen-bond acceptors (Lipinski definition) is 4. The zero-order chi connectivity index (χ0) is 27.0. The van der Waals surface area contributed by atoms with Gasteiger partial charge in [0.15, 0.2) is 13.4 Å². The van der Waals surface area contributed by atoms with Gasteiger partial charge < -0.3 is 15.1 Å². The fourth-order valence-corrected chi connectivity index (χ4v) is 4.85. The van der Waals surface area contributed by atoms with E-state index in [-0.39, 0.29) is 46.7 Å². The summed E-state index contributed by atoms with van der Waals surface area (Å²) in [6, 6.07) is 5.92. The van der Waals surface area contributed by atoms with Gasteiger partial charge in [0.05, 0.1) is 5.69 Å². The number of carbonyl (C=O) groups excluding carboxylic acids is 1. The molecule has 1 aliphatic rings. The molecule has 1 fully saturated rings. The summed E-state index contributed by atoms with van der Waals surface area (Å²) in [5, 5.41) is 19.1. The number of benzene rings is 1. The molecule has 3 rings (SSSR count). The van der Waals surface area contributed by atoms with Gasteiger partial charge in [0.1, 0.15) is 5.82 Å². The van der Waals surface area contributed by atoms with E-state index in [0.29, 0.717) is 0 Å². The Morgan fingerprint density at radius 1 is 1.06 bits per heavy atom. The Morgan fingerprint density at radius 3 is 2.17 bits per heavy atom. The first-order valence-electron chi connectivity index (χ1n) is 10.0. The van der Waals surface area contributed by atoms with Crippen LogP contribution in [0.1, 0.15) is 29.0 Å². The highest BCUT2D eigenvalue weighted by molar-refractivity contribution is 6.68. The molecule has 2 aromatic rings. The Bertz CT molecular complexity index is 1190. The third kappa shape index (κ3) is 6.76. The molecule has 1 atom stereocenters. The van der Waals surface area contributed by atoms with Gasteiger partial charge in [-0.05, 0) is 17.2 Å². The topological polar surface area (TPSA) is 111 Å². The first kappa shape index (κ1) is 28.8. The Hall–Kier alpha value is -1.75. The number of nitrogens with zero attached hydrogens (tertiary/aromatic N) is 3. The summed E-state index contributed by atoms with van der Waals surface area (Å²) in [5.74, 6) is -2.22. The molecule has 15 heteroatoms. The molecule has 36 heavy (non-hydrogen) atoms. The normalized spacial score (nSPS) is 16.4. The lowest BCUT2D eigenvalue weighted by atomic mass is 9.97. The molecular formula is C21H16Cl6FN3O5. The van der Waals surface area contributed by atoms with Crippen LogP contribution >= 0.6 is 69.6 Å². The maximum atomic E-state index is 14.5. The smallest absolute Gasteiger partial charge is 0.422 e. The summed E-state index contributed by atoms with van der Waals surface area (Å²) in [7, 11) is 0. The van der Waals surface area contributed by atoms with E-state index in [9.17, 15) is 29.0 Å². The van der Waals surface area contributed by atoms with Crippen LogP contribution in [0, 0.1) is 5.82 Å². The van der Waals surface area contributed by atoms with Crippen molar-refractivity contribution in [2.75, 3.05) is 16.3 Å². The predicted molar refractivity (Wildman–Crippen MR) is 137 cm³/mol. The lowest BCUT2D eigenvalue weighted by Crippen LogP contribution is -2.37. The first-order chi connectivity index (χ1) is 16.6. The maximum Gasteiger partial charge on any atom is 0.422 e. The zero-order valence-electron chi connectivity index (χ0n) is 17.9. The molecule has 3 amide bonds. The Labute approximate surface area is 234 Å². The van der Waals surface area contributed by atoms with E-state index >= 15 is 0 Å². The second kappa shape index (κ2) is 10.9. The monoisotopic (exact) mass is 619 g/mol. The molecule has 0 saturated carbocycles. The van der Waals surface area contributed by atoms with Crippen LogP contribution in [0.2, 0.25) is 0 Å². The van der Waals surface area contributed by atoms with E-state index in [1.165, 1.54) is 23.1 Å². The number of aromatic nitrogens is 1. The fourth-order valence-electron chi connectivity index (χ4n) is 4.02. The minimum absolute atomic E-state index is 0.0333. The van der Waals surface area contributed by atoms with Crippen LogP contribution in [0.4, 0.5) is 25.5 Å². The number of amides is 3. The van der Waals surface area contributed by atoms with Crippen molar-refractivity contribution >= 4 is 99.2 Å². The van der Waals surface area contributed by atoms with Gasteiger partial charge in [-0.25, -0.2) is 19.0 Å². The number of rotatable bonds is 5. The number of imide groups is 1. The third-order valence-electron chi connectivity index (χ3n) is 5.31. The quantitative estimate of drug-likeness (QED) is 0.358. The van der Waals surface area contributed by atoms with Gasteiger partial charge in [-0.15, -0.1) is 0 Å². The molecule has 8 nitrogen and oxygen atoms in total. The van der Waals surface area contributed by atoms with Gasteiger partial charge in [-0.1, -0.05) is 87.8 Å². The van der Waals surface area contributed by atoms with Crippen LogP contribution in [0.25, 0.3) is 0 Å². The molecule has 0 aliphatic carbocycles.